The number of nitrogens with one attached hydrogen (secondary N) is 4. The van der Waals surface area contributed by atoms with Gasteiger partial charge < -0.3 is 30.7 Å². The van der Waals surface area contributed by atoms with Crippen LogP contribution in [0, 0.1) is 0 Å². The number of amides is 4. The van der Waals surface area contributed by atoms with E-state index in [9.17, 15) is 14.4 Å². The van der Waals surface area contributed by atoms with Crippen molar-refractivity contribution < 1.29 is 23.9 Å². The van der Waals surface area contributed by atoms with E-state index in [0.29, 0.717) is 57.6 Å². The number of hydrogen-bond acceptors (Lipinski definition) is 7. The minimum Gasteiger partial charge on any atom is -0.377 e. The second-order valence-electron chi connectivity index (χ2n) is 10.1. The Balaban J connectivity index is 1.27. The molecule has 0 bridgehead atoms. The van der Waals surface area contributed by atoms with Crippen LogP contribution in [-0.4, -0.2) is 86.2 Å². The maximum atomic E-state index is 12.0. The molecule has 2 saturated heterocycles. The summed E-state index contributed by atoms with van der Waals surface area (Å²) in [5.74, 6) is 2.10. The zero-order valence-electron chi connectivity index (χ0n) is 23.0. The van der Waals surface area contributed by atoms with E-state index < -0.39 is 0 Å². The van der Waals surface area contributed by atoms with Crippen molar-refractivity contribution in [1.82, 2.24) is 21.3 Å². The van der Waals surface area contributed by atoms with Crippen molar-refractivity contribution >= 4 is 42.2 Å². The summed E-state index contributed by atoms with van der Waals surface area (Å²) in [5.41, 5.74) is 0. The van der Waals surface area contributed by atoms with Gasteiger partial charge in [0.1, 0.15) is 0 Å². The first kappa shape index (κ1) is 33.0. The molecule has 0 spiro atoms. The molecule has 3 atom stereocenters. The standard InChI is InChI=1S/C27H50N4O5S2/c32-24(12-7-5-3-1-2-4-6-10-20-37)28-14-16-35-18-19-36-17-15-29-25(33)13-9-8-11-23-26-22(21-38-23)30-27(34)31-26/h22-23,26,37H,1-21H2,(H,28,32)(H,29,33)(H2,30,31,34). The van der Waals surface area contributed by atoms with Crippen LogP contribution >= 0.6 is 24.4 Å². The molecular formula is C27H50N4O5S2. The van der Waals surface area contributed by atoms with Gasteiger partial charge in [-0.05, 0) is 31.4 Å². The number of rotatable bonds is 24. The highest BCUT2D eigenvalue weighted by Gasteiger charge is 2.42. The zero-order chi connectivity index (χ0) is 27.3. The van der Waals surface area contributed by atoms with Crippen LogP contribution in [-0.2, 0) is 19.1 Å². The number of hydrogen-bond donors (Lipinski definition) is 5. The largest absolute Gasteiger partial charge is 0.377 e. The molecular weight excluding hydrogens is 524 g/mol. The lowest BCUT2D eigenvalue weighted by Crippen LogP contribution is -2.36. The first-order chi connectivity index (χ1) is 18.6. The van der Waals surface area contributed by atoms with Gasteiger partial charge in [0.15, 0.2) is 0 Å². The molecule has 2 aliphatic rings. The number of ether oxygens (including phenoxy) is 2. The molecule has 4 amide bonds. The van der Waals surface area contributed by atoms with E-state index >= 15 is 0 Å². The first-order valence-electron chi connectivity index (χ1n) is 14.6. The van der Waals surface area contributed by atoms with Crippen LogP contribution in [0.5, 0.6) is 0 Å². The molecule has 0 aliphatic carbocycles. The number of urea groups is 1. The number of carbonyl (C=O) groups is 3. The van der Waals surface area contributed by atoms with Crippen molar-refractivity contribution in [2.24, 2.45) is 0 Å². The second-order valence-corrected chi connectivity index (χ2v) is 11.8. The van der Waals surface area contributed by atoms with Gasteiger partial charge in [-0.2, -0.15) is 24.4 Å². The number of thioether (sulfide) groups is 1. The highest BCUT2D eigenvalue weighted by molar-refractivity contribution is 8.00. The Morgan fingerprint density at radius 3 is 1.95 bits per heavy atom. The lowest BCUT2D eigenvalue weighted by Gasteiger charge is -2.16. The van der Waals surface area contributed by atoms with Crippen molar-refractivity contribution in [3.63, 3.8) is 0 Å². The topological polar surface area (TPSA) is 118 Å². The molecule has 4 N–H and O–H groups in total. The lowest BCUT2D eigenvalue weighted by molar-refractivity contribution is -0.122. The van der Waals surface area contributed by atoms with E-state index in [4.69, 9.17) is 9.47 Å². The van der Waals surface area contributed by atoms with Crippen LogP contribution in [0.15, 0.2) is 0 Å². The highest BCUT2D eigenvalue weighted by Crippen LogP contribution is 2.33. The summed E-state index contributed by atoms with van der Waals surface area (Å²) in [6, 6.07) is 0.430. The van der Waals surface area contributed by atoms with E-state index in [1.807, 2.05) is 11.8 Å². The number of unbranched alkanes of at least 4 members (excludes halogenated alkanes) is 8. The maximum absolute atomic E-state index is 12.0. The summed E-state index contributed by atoms with van der Waals surface area (Å²) in [6.45, 7) is 2.87. The van der Waals surface area contributed by atoms with E-state index in [0.717, 1.165) is 43.6 Å². The van der Waals surface area contributed by atoms with Crippen LogP contribution in [0.25, 0.3) is 0 Å². The van der Waals surface area contributed by atoms with Gasteiger partial charge in [0.25, 0.3) is 0 Å². The average Bonchev–Trinajstić information content (AvgIpc) is 3.45. The van der Waals surface area contributed by atoms with Gasteiger partial charge >= 0.3 is 6.03 Å². The summed E-state index contributed by atoms with van der Waals surface area (Å²) in [6.07, 6.45) is 13.6. The Hall–Kier alpha value is -1.17. The third-order valence-electron chi connectivity index (χ3n) is 6.90. The van der Waals surface area contributed by atoms with Crippen molar-refractivity contribution in [2.75, 3.05) is 51.0 Å². The van der Waals surface area contributed by atoms with Gasteiger partial charge in [-0.25, -0.2) is 4.79 Å². The SMILES string of the molecule is O=C(CCCCCCCCCCS)NCCOCCOCCNC(=O)CCCCC1SCC2NC(=O)NC21. The number of carbonyl (C=O) groups excluding carboxylic acids is 3. The fourth-order valence-corrected chi connectivity index (χ4v) is 6.52. The van der Waals surface area contributed by atoms with Gasteiger partial charge in [-0.1, -0.05) is 44.9 Å². The van der Waals surface area contributed by atoms with Gasteiger partial charge in [0.2, 0.25) is 11.8 Å². The molecule has 9 nitrogen and oxygen atoms in total. The Morgan fingerprint density at radius 2 is 1.34 bits per heavy atom. The first-order valence-corrected chi connectivity index (χ1v) is 16.3. The summed E-state index contributed by atoms with van der Waals surface area (Å²) < 4.78 is 11.0. The second kappa shape index (κ2) is 21.6. The molecule has 38 heavy (non-hydrogen) atoms. The van der Waals surface area contributed by atoms with Crippen molar-refractivity contribution in [3.05, 3.63) is 0 Å². The normalized spacial score (nSPS) is 20.1. The molecule has 0 aromatic heterocycles. The van der Waals surface area contributed by atoms with Crippen molar-refractivity contribution in [1.29, 1.82) is 0 Å². The molecule has 0 saturated carbocycles. The predicted octanol–water partition coefficient (Wildman–Crippen LogP) is 3.42. The monoisotopic (exact) mass is 574 g/mol. The Bertz CT molecular complexity index is 673. The quantitative estimate of drug-likeness (QED) is 0.0685. The molecule has 0 aromatic rings. The zero-order valence-corrected chi connectivity index (χ0v) is 24.7. The van der Waals surface area contributed by atoms with Crippen LogP contribution in [0.3, 0.4) is 0 Å². The molecule has 0 aromatic carbocycles. The molecule has 220 valence electrons. The summed E-state index contributed by atoms with van der Waals surface area (Å²) in [4.78, 5) is 35.3. The Morgan fingerprint density at radius 1 is 0.789 bits per heavy atom. The van der Waals surface area contributed by atoms with Crippen LogP contribution < -0.4 is 21.3 Å². The van der Waals surface area contributed by atoms with Crippen molar-refractivity contribution in [3.8, 4) is 0 Å². The van der Waals surface area contributed by atoms with E-state index in [2.05, 4.69) is 33.9 Å². The van der Waals surface area contributed by atoms with Crippen molar-refractivity contribution in [2.45, 2.75) is 101 Å². The fraction of sp³-hybridized carbons (Fsp3) is 0.889. The summed E-state index contributed by atoms with van der Waals surface area (Å²) in [7, 11) is 0. The molecule has 0 radical (unpaired) electrons. The van der Waals surface area contributed by atoms with Crippen LogP contribution in [0.1, 0.15) is 83.5 Å². The Labute approximate surface area is 238 Å². The average molecular weight is 575 g/mol. The minimum atomic E-state index is -0.0552. The van der Waals surface area contributed by atoms with Crippen LogP contribution in [0.4, 0.5) is 4.79 Å². The smallest absolute Gasteiger partial charge is 0.315 e. The fourth-order valence-electron chi connectivity index (χ4n) is 4.76. The van der Waals surface area contributed by atoms with E-state index in [-0.39, 0.29) is 29.9 Å². The van der Waals surface area contributed by atoms with E-state index in [1.165, 1.54) is 38.5 Å². The highest BCUT2D eigenvalue weighted by atomic mass is 32.2. The van der Waals surface area contributed by atoms with Gasteiger partial charge in [0.05, 0.1) is 38.5 Å². The van der Waals surface area contributed by atoms with Gasteiger partial charge in [-0.15, -0.1) is 0 Å². The lowest BCUT2D eigenvalue weighted by atomic mass is 10.0. The third-order valence-corrected chi connectivity index (χ3v) is 8.73. The summed E-state index contributed by atoms with van der Waals surface area (Å²) in [5, 5.41) is 12.2. The van der Waals surface area contributed by atoms with Gasteiger partial charge in [-0.3, -0.25) is 9.59 Å². The molecule has 3 unspecified atom stereocenters. The van der Waals surface area contributed by atoms with Gasteiger partial charge in [0, 0.05) is 36.9 Å². The molecule has 2 aliphatic heterocycles. The molecule has 2 heterocycles. The molecule has 2 fully saturated rings. The summed E-state index contributed by atoms with van der Waals surface area (Å²) >= 11 is 6.13. The minimum absolute atomic E-state index is 0.0493. The van der Waals surface area contributed by atoms with E-state index in [1.54, 1.807) is 0 Å². The Kier molecular flexibility index (Phi) is 18.8. The maximum Gasteiger partial charge on any atom is 0.315 e. The predicted molar refractivity (Wildman–Crippen MR) is 157 cm³/mol. The number of fused-ring (bicyclic) bond motifs is 1. The molecule has 2 rings (SSSR count). The molecule has 11 heteroatoms. The third kappa shape index (κ3) is 15.4. The number of thiol groups is 1. The van der Waals surface area contributed by atoms with Crippen LogP contribution in [0.2, 0.25) is 0 Å².